The van der Waals surface area contributed by atoms with E-state index < -0.39 is 34.4 Å². The van der Waals surface area contributed by atoms with E-state index in [9.17, 15) is 17.6 Å². The second-order valence-corrected chi connectivity index (χ2v) is 5.57. The van der Waals surface area contributed by atoms with Crippen molar-refractivity contribution in [2.24, 2.45) is 0 Å². The zero-order valence-corrected chi connectivity index (χ0v) is 13.6. The van der Waals surface area contributed by atoms with E-state index in [1.54, 1.807) is 60.7 Å². The molecule has 0 aliphatic carbocycles. The van der Waals surface area contributed by atoms with Gasteiger partial charge in [0.15, 0.2) is 23.3 Å². The van der Waals surface area contributed by atoms with Crippen molar-refractivity contribution >= 4 is 24.3 Å². The van der Waals surface area contributed by atoms with Crippen LogP contribution in [0, 0.1) is 23.3 Å². The van der Waals surface area contributed by atoms with E-state index in [4.69, 9.17) is 0 Å². The van der Waals surface area contributed by atoms with Gasteiger partial charge in [-0.1, -0.05) is 72.8 Å². The summed E-state index contributed by atoms with van der Waals surface area (Å²) in [5.41, 5.74) is -0.193. The smallest absolute Gasteiger partial charge is 0.169 e. The van der Waals surface area contributed by atoms with E-state index in [2.05, 4.69) is 0 Å². The Kier molecular flexibility index (Phi) is 5.32. The van der Waals surface area contributed by atoms with Gasteiger partial charge in [-0.05, 0) is 23.3 Å². The van der Waals surface area contributed by atoms with Crippen LogP contribution in [0.1, 0.15) is 22.3 Å². The van der Waals surface area contributed by atoms with Crippen LogP contribution in [0.2, 0.25) is 0 Å². The lowest BCUT2D eigenvalue weighted by atomic mass is 10.0. The average Bonchev–Trinajstić information content (AvgIpc) is 2.68. The summed E-state index contributed by atoms with van der Waals surface area (Å²) in [4.78, 5) is 0. The summed E-state index contributed by atoms with van der Waals surface area (Å²) in [5.74, 6) is -5.71. The molecule has 0 heterocycles. The molecule has 0 nitrogen and oxygen atoms in total. The van der Waals surface area contributed by atoms with Gasteiger partial charge in [0.25, 0.3) is 0 Å². The normalized spacial score (nSPS) is 11.5. The van der Waals surface area contributed by atoms with E-state index in [1.807, 2.05) is 0 Å². The lowest BCUT2D eigenvalue weighted by molar-refractivity contribution is 0.448. The molecule has 0 radical (unpaired) electrons. The minimum absolute atomic E-state index is 0.653. The molecule has 0 aliphatic heterocycles. The van der Waals surface area contributed by atoms with Crippen molar-refractivity contribution in [3.05, 3.63) is 106 Å². The quantitative estimate of drug-likeness (QED) is 0.282. The number of hydrogen-bond acceptors (Lipinski definition) is 0. The molecule has 0 N–H and O–H groups in total. The fourth-order valence-corrected chi connectivity index (χ4v) is 2.45. The summed E-state index contributed by atoms with van der Waals surface area (Å²) in [5, 5.41) is 0. The van der Waals surface area contributed by atoms with E-state index in [0.29, 0.717) is 11.1 Å². The Morgan fingerprint density at radius 1 is 0.423 bits per heavy atom. The largest absolute Gasteiger partial charge is 0.203 e. The predicted molar refractivity (Wildman–Crippen MR) is 97.0 cm³/mol. The summed E-state index contributed by atoms with van der Waals surface area (Å²) in [6.45, 7) is 0. The minimum Gasteiger partial charge on any atom is -0.203 e. The highest BCUT2D eigenvalue weighted by Gasteiger charge is 2.22. The predicted octanol–water partition coefficient (Wildman–Crippen LogP) is 6.58. The van der Waals surface area contributed by atoms with Crippen LogP contribution >= 0.6 is 0 Å². The molecule has 0 spiro atoms. The summed E-state index contributed by atoms with van der Waals surface area (Å²) in [7, 11) is 0. The van der Waals surface area contributed by atoms with Crippen molar-refractivity contribution in [1.82, 2.24) is 0 Å². The Balaban J connectivity index is 2.00. The highest BCUT2D eigenvalue weighted by Crippen LogP contribution is 2.27. The van der Waals surface area contributed by atoms with Crippen LogP contribution in [-0.4, -0.2) is 0 Å². The van der Waals surface area contributed by atoms with Crippen LogP contribution in [-0.2, 0) is 0 Å². The number of rotatable bonds is 4. The first-order chi connectivity index (χ1) is 12.6. The summed E-state index contributed by atoms with van der Waals surface area (Å²) in [6, 6.07) is 17.3. The maximum Gasteiger partial charge on any atom is 0.169 e. The first-order valence-electron chi connectivity index (χ1n) is 7.90. The van der Waals surface area contributed by atoms with Crippen LogP contribution < -0.4 is 0 Å². The third-order valence-electron chi connectivity index (χ3n) is 3.82. The first kappa shape index (κ1) is 17.7. The second kappa shape index (κ2) is 7.83. The lowest BCUT2D eigenvalue weighted by Gasteiger charge is -2.07. The van der Waals surface area contributed by atoms with Crippen molar-refractivity contribution in [3.63, 3.8) is 0 Å². The fraction of sp³-hybridized carbons (Fsp3) is 0. The van der Waals surface area contributed by atoms with E-state index in [0.717, 1.165) is 12.2 Å². The Labute approximate surface area is 148 Å². The molecule has 0 fully saturated rings. The molecule has 0 amide bonds. The van der Waals surface area contributed by atoms with Crippen LogP contribution in [0.25, 0.3) is 24.3 Å². The Morgan fingerprint density at radius 3 is 1.04 bits per heavy atom. The van der Waals surface area contributed by atoms with Gasteiger partial charge in [-0.3, -0.25) is 0 Å². The second-order valence-electron chi connectivity index (χ2n) is 5.57. The highest BCUT2D eigenvalue weighted by atomic mass is 19.2. The molecule has 3 rings (SSSR count). The zero-order chi connectivity index (χ0) is 18.5. The van der Waals surface area contributed by atoms with Crippen molar-refractivity contribution < 1.29 is 17.6 Å². The molecule has 3 aromatic rings. The Hall–Kier alpha value is -3.14. The van der Waals surface area contributed by atoms with Gasteiger partial charge in [-0.15, -0.1) is 0 Å². The van der Waals surface area contributed by atoms with Gasteiger partial charge in [-0.2, -0.15) is 0 Å². The van der Waals surface area contributed by atoms with E-state index in [1.165, 1.54) is 12.2 Å². The highest BCUT2D eigenvalue weighted by molar-refractivity contribution is 5.74. The molecular weight excluding hydrogens is 340 g/mol. The molecule has 0 bridgehead atoms. The van der Waals surface area contributed by atoms with Crippen LogP contribution in [0.15, 0.2) is 60.7 Å². The number of halogens is 4. The standard InChI is InChI=1S/C22H14F4/c23-19-17(13-11-15-7-3-1-4-8-15)20(24)22(26)18(21(19)25)14-12-16-9-5-2-6-10-16/h1-14H/b13-11+,14-12+. The SMILES string of the molecule is Fc1c(F)c(/C=C/c2ccccc2)c(F)c(F)c1/C=C/c1ccccc1. The summed E-state index contributed by atoms with van der Waals surface area (Å²) in [6.07, 6.45) is 4.83. The summed E-state index contributed by atoms with van der Waals surface area (Å²) < 4.78 is 57.1. The van der Waals surface area contributed by atoms with Crippen LogP contribution in [0.4, 0.5) is 17.6 Å². The molecule has 26 heavy (non-hydrogen) atoms. The minimum atomic E-state index is -1.43. The molecule has 130 valence electrons. The van der Waals surface area contributed by atoms with Crippen molar-refractivity contribution in [1.29, 1.82) is 0 Å². The van der Waals surface area contributed by atoms with Gasteiger partial charge < -0.3 is 0 Å². The first-order valence-corrected chi connectivity index (χ1v) is 7.90. The molecule has 0 aromatic heterocycles. The summed E-state index contributed by atoms with van der Waals surface area (Å²) >= 11 is 0. The van der Waals surface area contributed by atoms with E-state index in [-0.39, 0.29) is 0 Å². The molecule has 0 saturated heterocycles. The van der Waals surface area contributed by atoms with Gasteiger partial charge in [0.1, 0.15) is 0 Å². The topological polar surface area (TPSA) is 0 Å². The fourth-order valence-electron chi connectivity index (χ4n) is 2.45. The Bertz CT molecular complexity index is 849. The third kappa shape index (κ3) is 3.75. The molecule has 0 atom stereocenters. The monoisotopic (exact) mass is 354 g/mol. The maximum absolute atomic E-state index is 14.3. The third-order valence-corrected chi connectivity index (χ3v) is 3.82. The zero-order valence-electron chi connectivity index (χ0n) is 13.6. The van der Waals surface area contributed by atoms with Crippen molar-refractivity contribution in [2.45, 2.75) is 0 Å². The molecule has 3 aromatic carbocycles. The number of benzene rings is 3. The molecule has 0 unspecified atom stereocenters. The molecular formula is C22H14F4. The van der Waals surface area contributed by atoms with Crippen molar-refractivity contribution in [3.8, 4) is 0 Å². The van der Waals surface area contributed by atoms with Crippen LogP contribution in [0.5, 0.6) is 0 Å². The van der Waals surface area contributed by atoms with Crippen LogP contribution in [0.3, 0.4) is 0 Å². The van der Waals surface area contributed by atoms with Gasteiger partial charge in [0, 0.05) is 0 Å². The van der Waals surface area contributed by atoms with Crippen molar-refractivity contribution in [2.75, 3.05) is 0 Å². The van der Waals surface area contributed by atoms with E-state index >= 15 is 0 Å². The van der Waals surface area contributed by atoms with Gasteiger partial charge in [0.2, 0.25) is 0 Å². The lowest BCUT2D eigenvalue weighted by Crippen LogP contribution is -2.03. The number of hydrogen-bond donors (Lipinski definition) is 0. The van der Waals surface area contributed by atoms with Gasteiger partial charge in [0.05, 0.1) is 11.1 Å². The average molecular weight is 354 g/mol. The molecule has 4 heteroatoms. The van der Waals surface area contributed by atoms with Gasteiger partial charge >= 0.3 is 0 Å². The maximum atomic E-state index is 14.3. The molecule has 0 saturated carbocycles. The van der Waals surface area contributed by atoms with Gasteiger partial charge in [-0.25, -0.2) is 17.6 Å². The molecule has 0 aliphatic rings. The Morgan fingerprint density at radius 2 is 0.731 bits per heavy atom.